The van der Waals surface area contributed by atoms with Gasteiger partial charge in [0.2, 0.25) is 0 Å². The maximum atomic E-state index is 10.7. The van der Waals surface area contributed by atoms with Crippen LogP contribution in [0.3, 0.4) is 0 Å². The van der Waals surface area contributed by atoms with Crippen LogP contribution in [0.5, 0.6) is 0 Å². The van der Waals surface area contributed by atoms with Crippen LogP contribution in [-0.4, -0.2) is 26.6 Å². The number of aromatic carboxylic acids is 1. The molecular formula is C11H15N3O2. The molecule has 5 nitrogen and oxygen atoms in total. The second-order valence-electron chi connectivity index (χ2n) is 4.72. The van der Waals surface area contributed by atoms with Gasteiger partial charge in [-0.25, -0.2) is 9.78 Å². The first-order valence-corrected chi connectivity index (χ1v) is 5.32. The molecule has 1 aromatic rings. The third-order valence-electron chi connectivity index (χ3n) is 2.90. The normalized spacial score (nSPS) is 15.9. The Bertz CT molecular complexity index is 413. The van der Waals surface area contributed by atoms with Gasteiger partial charge >= 0.3 is 5.97 Å². The van der Waals surface area contributed by atoms with E-state index in [0.29, 0.717) is 11.7 Å². The Labute approximate surface area is 93.9 Å². The summed E-state index contributed by atoms with van der Waals surface area (Å²) in [6, 6.07) is 0. The summed E-state index contributed by atoms with van der Waals surface area (Å²) >= 11 is 0. The van der Waals surface area contributed by atoms with Crippen molar-refractivity contribution < 1.29 is 9.90 Å². The summed E-state index contributed by atoms with van der Waals surface area (Å²) in [4.78, 5) is 18.6. The predicted octanol–water partition coefficient (Wildman–Crippen LogP) is 1.78. The summed E-state index contributed by atoms with van der Waals surface area (Å²) in [7, 11) is 0. The number of nitrogens with one attached hydrogen (secondary N) is 1. The zero-order valence-corrected chi connectivity index (χ0v) is 9.40. The van der Waals surface area contributed by atoms with Crippen molar-refractivity contribution in [1.82, 2.24) is 9.97 Å². The molecule has 86 valence electrons. The maximum Gasteiger partial charge on any atom is 0.356 e. The van der Waals surface area contributed by atoms with Crippen LogP contribution in [0.15, 0.2) is 12.4 Å². The molecule has 5 heteroatoms. The topological polar surface area (TPSA) is 75.1 Å². The van der Waals surface area contributed by atoms with Crippen LogP contribution >= 0.6 is 0 Å². The Morgan fingerprint density at radius 2 is 2.19 bits per heavy atom. The molecule has 0 unspecified atom stereocenters. The van der Waals surface area contributed by atoms with Gasteiger partial charge in [0.25, 0.3) is 0 Å². The van der Waals surface area contributed by atoms with Crippen molar-refractivity contribution in [3.05, 3.63) is 18.1 Å². The van der Waals surface area contributed by atoms with Gasteiger partial charge in [-0.05, 0) is 32.6 Å². The van der Waals surface area contributed by atoms with E-state index < -0.39 is 5.97 Å². The minimum atomic E-state index is -1.06. The van der Waals surface area contributed by atoms with Gasteiger partial charge in [0.1, 0.15) is 5.82 Å². The molecule has 1 fully saturated rings. The van der Waals surface area contributed by atoms with Crippen molar-refractivity contribution in [2.45, 2.75) is 32.2 Å². The molecule has 16 heavy (non-hydrogen) atoms. The summed E-state index contributed by atoms with van der Waals surface area (Å²) < 4.78 is 0. The Kier molecular flexibility index (Phi) is 2.53. The molecule has 0 saturated heterocycles. The Morgan fingerprint density at radius 1 is 1.50 bits per heavy atom. The SMILES string of the molecule is CC(C)(Nc1cncc(C(=O)O)n1)C1CC1. The van der Waals surface area contributed by atoms with Gasteiger partial charge in [-0.2, -0.15) is 0 Å². The number of carboxylic acid groups (broad SMARTS) is 1. The fourth-order valence-electron chi connectivity index (χ4n) is 1.77. The first-order chi connectivity index (χ1) is 7.49. The molecular weight excluding hydrogens is 206 g/mol. The third-order valence-corrected chi connectivity index (χ3v) is 2.90. The lowest BCUT2D eigenvalue weighted by molar-refractivity contribution is 0.0690. The quantitative estimate of drug-likeness (QED) is 0.810. The number of hydrogen-bond acceptors (Lipinski definition) is 4. The lowest BCUT2D eigenvalue weighted by atomic mass is 9.99. The maximum absolute atomic E-state index is 10.7. The Morgan fingerprint density at radius 3 is 2.75 bits per heavy atom. The number of nitrogens with zero attached hydrogens (tertiary/aromatic N) is 2. The highest BCUT2D eigenvalue weighted by molar-refractivity contribution is 5.85. The third kappa shape index (κ3) is 2.29. The molecule has 1 aromatic heterocycles. The number of rotatable bonds is 4. The highest BCUT2D eigenvalue weighted by Crippen LogP contribution is 2.40. The predicted molar refractivity (Wildman–Crippen MR) is 59.4 cm³/mol. The number of aromatic nitrogens is 2. The summed E-state index contributed by atoms with van der Waals surface area (Å²) in [5, 5.41) is 12.0. The molecule has 1 saturated carbocycles. The lowest BCUT2D eigenvalue weighted by Gasteiger charge is -2.26. The van der Waals surface area contributed by atoms with E-state index in [1.54, 1.807) is 6.20 Å². The molecule has 0 atom stereocenters. The first kappa shape index (κ1) is 10.9. The number of carbonyl (C=O) groups is 1. The van der Waals surface area contributed by atoms with Crippen LogP contribution in [0.25, 0.3) is 0 Å². The van der Waals surface area contributed by atoms with Gasteiger partial charge in [0, 0.05) is 5.54 Å². The summed E-state index contributed by atoms with van der Waals surface area (Å²) in [6.45, 7) is 4.19. The minimum Gasteiger partial charge on any atom is -0.476 e. The monoisotopic (exact) mass is 221 g/mol. The fraction of sp³-hybridized carbons (Fsp3) is 0.545. The zero-order chi connectivity index (χ0) is 11.8. The number of hydrogen-bond donors (Lipinski definition) is 2. The average molecular weight is 221 g/mol. The summed E-state index contributed by atoms with van der Waals surface area (Å²) in [5.74, 6) is 0.111. The molecule has 0 radical (unpaired) electrons. The average Bonchev–Trinajstić information content (AvgIpc) is 3.00. The van der Waals surface area contributed by atoms with Gasteiger partial charge in [0.05, 0.1) is 12.4 Å². The van der Waals surface area contributed by atoms with Gasteiger partial charge < -0.3 is 10.4 Å². The highest BCUT2D eigenvalue weighted by Gasteiger charge is 2.37. The van der Waals surface area contributed by atoms with E-state index in [1.807, 2.05) is 0 Å². The summed E-state index contributed by atoms with van der Waals surface area (Å²) in [6.07, 6.45) is 5.23. The molecule has 1 aliphatic carbocycles. The smallest absolute Gasteiger partial charge is 0.356 e. The van der Waals surface area contributed by atoms with Crippen molar-refractivity contribution in [1.29, 1.82) is 0 Å². The van der Waals surface area contributed by atoms with Gasteiger partial charge in [0.15, 0.2) is 5.69 Å². The lowest BCUT2D eigenvalue weighted by Crippen LogP contribution is -2.33. The standard InChI is InChI=1S/C11H15N3O2/c1-11(2,7-3-4-7)14-9-6-12-5-8(13-9)10(15)16/h5-7H,3-4H2,1-2H3,(H,13,14)(H,15,16). The number of anilines is 1. The minimum absolute atomic E-state index is 0.0309. The van der Waals surface area contributed by atoms with Crippen LogP contribution in [0.4, 0.5) is 5.82 Å². The van der Waals surface area contributed by atoms with Crippen molar-refractivity contribution in [2.24, 2.45) is 5.92 Å². The molecule has 0 aliphatic heterocycles. The second kappa shape index (κ2) is 3.73. The number of carboxylic acids is 1. The van der Waals surface area contributed by atoms with Gasteiger partial charge in [-0.1, -0.05) is 0 Å². The van der Waals surface area contributed by atoms with E-state index >= 15 is 0 Å². The molecule has 1 aliphatic rings. The molecule has 0 amide bonds. The van der Waals surface area contributed by atoms with Crippen LogP contribution in [-0.2, 0) is 0 Å². The van der Waals surface area contributed by atoms with E-state index in [9.17, 15) is 4.79 Å². The van der Waals surface area contributed by atoms with E-state index in [1.165, 1.54) is 19.0 Å². The summed E-state index contributed by atoms with van der Waals surface area (Å²) in [5.41, 5.74) is -0.0807. The zero-order valence-electron chi connectivity index (χ0n) is 9.40. The van der Waals surface area contributed by atoms with Crippen molar-refractivity contribution in [2.75, 3.05) is 5.32 Å². The van der Waals surface area contributed by atoms with Crippen molar-refractivity contribution in [3.8, 4) is 0 Å². The van der Waals surface area contributed by atoms with E-state index in [4.69, 9.17) is 5.11 Å². The molecule has 0 bridgehead atoms. The first-order valence-electron chi connectivity index (χ1n) is 5.32. The molecule has 0 aromatic carbocycles. The van der Waals surface area contributed by atoms with E-state index in [2.05, 4.69) is 29.1 Å². The van der Waals surface area contributed by atoms with Crippen LogP contribution < -0.4 is 5.32 Å². The second-order valence-corrected chi connectivity index (χ2v) is 4.72. The molecule has 2 rings (SSSR count). The highest BCUT2D eigenvalue weighted by atomic mass is 16.4. The fourth-order valence-corrected chi connectivity index (χ4v) is 1.77. The van der Waals surface area contributed by atoms with Gasteiger partial charge in [-0.15, -0.1) is 0 Å². The molecule has 2 N–H and O–H groups in total. The van der Waals surface area contributed by atoms with Crippen molar-refractivity contribution >= 4 is 11.8 Å². The van der Waals surface area contributed by atoms with Crippen LogP contribution in [0.1, 0.15) is 37.2 Å². The van der Waals surface area contributed by atoms with E-state index in [0.717, 1.165) is 0 Å². The molecule has 1 heterocycles. The van der Waals surface area contributed by atoms with Crippen LogP contribution in [0.2, 0.25) is 0 Å². The van der Waals surface area contributed by atoms with Crippen LogP contribution in [0, 0.1) is 5.92 Å². The molecule has 0 spiro atoms. The largest absolute Gasteiger partial charge is 0.476 e. The Balaban J connectivity index is 2.14. The van der Waals surface area contributed by atoms with E-state index in [-0.39, 0.29) is 11.2 Å². The van der Waals surface area contributed by atoms with Crippen molar-refractivity contribution in [3.63, 3.8) is 0 Å². The Hall–Kier alpha value is -1.65. The van der Waals surface area contributed by atoms with Gasteiger partial charge in [-0.3, -0.25) is 4.98 Å².